The van der Waals surface area contributed by atoms with E-state index in [0.717, 1.165) is 28.4 Å². The minimum absolute atomic E-state index is 0.0287. The zero-order chi connectivity index (χ0) is 24.3. The van der Waals surface area contributed by atoms with Crippen LogP contribution in [-0.4, -0.2) is 36.8 Å². The molecule has 0 unspecified atom stereocenters. The Morgan fingerprint density at radius 1 is 1.29 bits per heavy atom. The number of aromatic nitrogens is 2. The number of nitrogens with two attached hydrogens (primary N) is 1. The van der Waals surface area contributed by atoms with Crippen LogP contribution in [0.5, 0.6) is 0 Å². The number of nitrogens with one attached hydrogen (secondary N) is 1. The molecule has 3 atom stereocenters. The lowest BCUT2D eigenvalue weighted by atomic mass is 10.00. The van der Waals surface area contributed by atoms with Crippen molar-refractivity contribution in [3.05, 3.63) is 74.3 Å². The summed E-state index contributed by atoms with van der Waals surface area (Å²) in [5, 5.41) is 10.3. The first kappa shape index (κ1) is 24.9. The summed E-state index contributed by atoms with van der Waals surface area (Å²) in [6, 6.07) is 10.0. The largest absolute Gasteiger partial charge is 0.367 e. The number of hydrogen-bond donors (Lipinski definition) is 2. The molecule has 0 saturated heterocycles. The highest BCUT2D eigenvalue weighted by atomic mass is 79.9. The number of anilines is 1. The summed E-state index contributed by atoms with van der Waals surface area (Å²) in [4.78, 5) is 22.3. The van der Waals surface area contributed by atoms with Gasteiger partial charge in [-0.25, -0.2) is 15.1 Å². The standard InChI is InChI=1S/C23H25BrN4O4S2/c1-14-5-19(9-17(14)11-32-34(25,30)31)28-23-20(10-26-13-27-23)22(29)21-8-16(12-33-21)6-15-3-2-4-18(24)7-15/h2-4,7-8,10,12-14,17,19H,5-6,9,11H2,1H3,(H2,25,30,31)(H,26,27,28)/t14-,17+,19-/m0/s1. The van der Waals surface area contributed by atoms with Crippen LogP contribution in [-0.2, 0) is 20.9 Å². The molecule has 0 radical (unpaired) electrons. The van der Waals surface area contributed by atoms with E-state index in [1.54, 1.807) is 0 Å². The molecule has 0 aliphatic heterocycles. The quantitative estimate of drug-likeness (QED) is 0.373. The lowest BCUT2D eigenvalue weighted by Gasteiger charge is -2.15. The second kappa shape index (κ2) is 10.6. The SMILES string of the molecule is C[C@H]1C[C@H](Nc2ncncc2C(=O)c2cc(Cc3cccc(Br)c3)cs2)C[C@@H]1COS(N)(=O)=O. The Kier molecular flexibility index (Phi) is 7.78. The highest BCUT2D eigenvalue weighted by molar-refractivity contribution is 9.10. The van der Waals surface area contributed by atoms with Crippen LogP contribution in [0.2, 0.25) is 0 Å². The molecule has 2 heterocycles. The first-order chi connectivity index (χ1) is 16.2. The van der Waals surface area contributed by atoms with Crippen LogP contribution in [0.3, 0.4) is 0 Å². The van der Waals surface area contributed by atoms with Crippen molar-refractivity contribution in [3.8, 4) is 0 Å². The number of carbonyl (C=O) groups is 1. The number of rotatable bonds is 9. The molecule has 0 amide bonds. The number of hydrogen-bond acceptors (Lipinski definition) is 8. The molecule has 0 spiro atoms. The summed E-state index contributed by atoms with van der Waals surface area (Å²) in [6.45, 7) is 2.09. The van der Waals surface area contributed by atoms with Gasteiger partial charge in [-0.05, 0) is 65.8 Å². The zero-order valence-electron chi connectivity index (χ0n) is 18.5. The number of ketones is 1. The Hall–Kier alpha value is -2.18. The molecule has 34 heavy (non-hydrogen) atoms. The zero-order valence-corrected chi connectivity index (χ0v) is 21.7. The van der Waals surface area contributed by atoms with Crippen LogP contribution in [0.4, 0.5) is 5.82 Å². The molecule has 1 aliphatic rings. The lowest BCUT2D eigenvalue weighted by Crippen LogP contribution is -2.22. The topological polar surface area (TPSA) is 124 Å². The Balaban J connectivity index is 1.44. The minimum atomic E-state index is -3.97. The fourth-order valence-corrected chi connectivity index (χ4v) is 5.95. The van der Waals surface area contributed by atoms with E-state index in [2.05, 4.69) is 43.3 Å². The molecule has 1 saturated carbocycles. The highest BCUT2D eigenvalue weighted by Crippen LogP contribution is 2.34. The van der Waals surface area contributed by atoms with Gasteiger partial charge in [-0.3, -0.25) is 8.98 Å². The second-order valence-electron chi connectivity index (χ2n) is 8.57. The molecule has 2 aromatic heterocycles. The first-order valence-corrected chi connectivity index (χ1v) is 13.9. The Morgan fingerprint density at radius 2 is 2.12 bits per heavy atom. The molecular weight excluding hydrogens is 540 g/mol. The molecular formula is C23H25BrN4O4S2. The summed E-state index contributed by atoms with van der Waals surface area (Å²) in [5.41, 5.74) is 2.64. The van der Waals surface area contributed by atoms with Gasteiger partial charge >= 0.3 is 10.3 Å². The summed E-state index contributed by atoms with van der Waals surface area (Å²) in [6.07, 6.45) is 5.16. The summed E-state index contributed by atoms with van der Waals surface area (Å²) in [7, 11) is -3.97. The van der Waals surface area contributed by atoms with Crippen molar-refractivity contribution >= 4 is 49.2 Å². The van der Waals surface area contributed by atoms with E-state index in [1.165, 1.54) is 23.9 Å². The van der Waals surface area contributed by atoms with Gasteiger partial charge in [0.2, 0.25) is 5.78 Å². The van der Waals surface area contributed by atoms with Crippen molar-refractivity contribution < 1.29 is 17.4 Å². The number of halogens is 1. The van der Waals surface area contributed by atoms with Crippen molar-refractivity contribution in [2.45, 2.75) is 32.2 Å². The van der Waals surface area contributed by atoms with E-state index in [-0.39, 0.29) is 30.3 Å². The average Bonchev–Trinajstić information content (AvgIpc) is 3.38. The predicted octanol–water partition coefficient (Wildman–Crippen LogP) is 4.17. The Bertz CT molecular complexity index is 1280. The van der Waals surface area contributed by atoms with E-state index in [1.807, 2.05) is 30.5 Å². The van der Waals surface area contributed by atoms with Crippen LogP contribution in [0.15, 0.2) is 52.7 Å². The fourth-order valence-electron chi connectivity index (χ4n) is 4.27. The third-order valence-electron chi connectivity index (χ3n) is 5.97. The van der Waals surface area contributed by atoms with Crippen LogP contribution in [0.25, 0.3) is 0 Å². The second-order valence-corrected chi connectivity index (χ2v) is 11.6. The Labute approximate surface area is 211 Å². The minimum Gasteiger partial charge on any atom is -0.367 e. The van der Waals surface area contributed by atoms with Gasteiger partial charge in [0.15, 0.2) is 0 Å². The molecule has 0 bridgehead atoms. The number of nitrogens with zero attached hydrogens (tertiary/aromatic N) is 2. The van der Waals surface area contributed by atoms with Gasteiger partial charge in [0.1, 0.15) is 12.1 Å². The number of thiophene rings is 1. The molecule has 11 heteroatoms. The van der Waals surface area contributed by atoms with E-state index in [9.17, 15) is 13.2 Å². The Morgan fingerprint density at radius 3 is 2.88 bits per heavy atom. The van der Waals surface area contributed by atoms with Crippen LogP contribution >= 0.6 is 27.3 Å². The maximum absolute atomic E-state index is 13.3. The van der Waals surface area contributed by atoms with Gasteiger partial charge in [0.05, 0.1) is 17.0 Å². The third-order valence-corrected chi connectivity index (χ3v) is 7.90. The van der Waals surface area contributed by atoms with Crippen molar-refractivity contribution in [2.75, 3.05) is 11.9 Å². The monoisotopic (exact) mass is 564 g/mol. The van der Waals surface area contributed by atoms with Gasteiger partial charge in [-0.15, -0.1) is 11.3 Å². The maximum Gasteiger partial charge on any atom is 0.333 e. The van der Waals surface area contributed by atoms with Crippen molar-refractivity contribution in [1.29, 1.82) is 0 Å². The summed E-state index contributed by atoms with van der Waals surface area (Å²) >= 11 is 4.90. The van der Waals surface area contributed by atoms with Gasteiger partial charge < -0.3 is 5.32 Å². The third kappa shape index (κ3) is 6.48. The van der Waals surface area contributed by atoms with E-state index in [0.29, 0.717) is 22.7 Å². The van der Waals surface area contributed by atoms with Gasteiger partial charge in [0.25, 0.3) is 0 Å². The van der Waals surface area contributed by atoms with Crippen LogP contribution in [0.1, 0.15) is 46.1 Å². The molecule has 3 aromatic rings. The predicted molar refractivity (Wildman–Crippen MR) is 135 cm³/mol. The van der Waals surface area contributed by atoms with E-state index < -0.39 is 10.3 Å². The fraction of sp³-hybridized carbons (Fsp3) is 0.348. The van der Waals surface area contributed by atoms with Gasteiger partial charge in [-0.1, -0.05) is 35.0 Å². The van der Waals surface area contributed by atoms with Crippen molar-refractivity contribution in [2.24, 2.45) is 17.0 Å². The first-order valence-electron chi connectivity index (χ1n) is 10.8. The average molecular weight is 566 g/mol. The van der Waals surface area contributed by atoms with Crippen LogP contribution < -0.4 is 10.5 Å². The summed E-state index contributed by atoms with van der Waals surface area (Å²) in [5.74, 6) is 0.619. The van der Waals surface area contributed by atoms with Gasteiger partial charge in [0, 0.05) is 16.7 Å². The van der Waals surface area contributed by atoms with Crippen molar-refractivity contribution in [1.82, 2.24) is 9.97 Å². The normalized spacial score (nSPS) is 20.4. The molecule has 3 N–H and O–H groups in total. The maximum atomic E-state index is 13.3. The molecule has 8 nitrogen and oxygen atoms in total. The summed E-state index contributed by atoms with van der Waals surface area (Å²) < 4.78 is 28.1. The van der Waals surface area contributed by atoms with Gasteiger partial charge in [-0.2, -0.15) is 8.42 Å². The molecule has 4 rings (SSSR count). The smallest absolute Gasteiger partial charge is 0.333 e. The molecule has 1 aliphatic carbocycles. The molecule has 180 valence electrons. The number of benzene rings is 1. The van der Waals surface area contributed by atoms with Crippen LogP contribution in [0, 0.1) is 11.8 Å². The molecule has 1 aromatic carbocycles. The van der Waals surface area contributed by atoms with Crippen molar-refractivity contribution in [3.63, 3.8) is 0 Å². The highest BCUT2D eigenvalue weighted by Gasteiger charge is 2.33. The molecule has 1 fully saturated rings. The number of carbonyl (C=O) groups excluding carboxylic acids is 1. The van der Waals surface area contributed by atoms with E-state index >= 15 is 0 Å². The lowest BCUT2D eigenvalue weighted by molar-refractivity contribution is 0.104. The van der Waals surface area contributed by atoms with E-state index in [4.69, 9.17) is 9.32 Å².